The third-order valence-electron chi connectivity index (χ3n) is 7.44. The van der Waals surface area contributed by atoms with Crippen LogP contribution in [0.5, 0.6) is 0 Å². The summed E-state index contributed by atoms with van der Waals surface area (Å²) >= 11 is 0. The Morgan fingerprint density at radius 2 is 2.00 bits per heavy atom. The average Bonchev–Trinajstić information content (AvgIpc) is 3.32. The molecule has 39 heavy (non-hydrogen) atoms. The van der Waals surface area contributed by atoms with E-state index in [2.05, 4.69) is 49.5 Å². The number of nitrogens with one attached hydrogen (secondary N) is 1. The number of aromatic nitrogens is 2. The first-order valence-corrected chi connectivity index (χ1v) is 14.2. The Bertz CT molecular complexity index is 1190. The number of benzene rings is 1. The van der Waals surface area contributed by atoms with Gasteiger partial charge in [-0.25, -0.2) is 19.0 Å². The molecule has 2 heterocycles. The first kappa shape index (κ1) is 30.1. The molecule has 8 heteroatoms. The van der Waals surface area contributed by atoms with E-state index < -0.39 is 0 Å². The monoisotopic (exact) mass is 536 g/mol. The van der Waals surface area contributed by atoms with Crippen LogP contribution in [0.2, 0.25) is 0 Å². The van der Waals surface area contributed by atoms with Crippen molar-refractivity contribution in [3.8, 4) is 11.3 Å². The quantitative estimate of drug-likeness (QED) is 0.186. The maximum absolute atomic E-state index is 14.7. The standard InChI is InChI=1S/C31H45FN6O/c1-8-22(5)31(36-38-20-29(35-23(38)6)27-13-12-26(33-7)18-28(27)32)39-21-25-14-16-37(17-15-25)30(11-4)34-19-24(9-2)10-3/h9,12-13,18-20,22,25,33H,2,8,10-11,14-17,21H2,1,3-7H3/b24-19+,34-30?,36-31+. The van der Waals surface area contributed by atoms with E-state index in [0.717, 1.165) is 62.3 Å². The van der Waals surface area contributed by atoms with Gasteiger partial charge in [-0.05, 0) is 62.3 Å². The molecule has 0 saturated carbocycles. The number of likely N-dealkylation sites (tertiary alicyclic amines) is 1. The van der Waals surface area contributed by atoms with Crippen LogP contribution in [-0.2, 0) is 4.74 Å². The van der Waals surface area contributed by atoms with Gasteiger partial charge in [-0.1, -0.05) is 40.3 Å². The summed E-state index contributed by atoms with van der Waals surface area (Å²) in [6, 6.07) is 5.05. The number of hydrogen-bond acceptors (Lipinski definition) is 5. The van der Waals surface area contributed by atoms with Gasteiger partial charge in [0.15, 0.2) is 0 Å². The molecule has 1 fully saturated rings. The molecule has 1 atom stereocenters. The third kappa shape index (κ3) is 8.04. The summed E-state index contributed by atoms with van der Waals surface area (Å²) in [5.41, 5.74) is 2.87. The van der Waals surface area contributed by atoms with Crippen molar-refractivity contribution in [2.24, 2.45) is 21.9 Å². The van der Waals surface area contributed by atoms with Crippen molar-refractivity contribution in [3.05, 3.63) is 60.5 Å². The first-order valence-electron chi connectivity index (χ1n) is 14.2. The van der Waals surface area contributed by atoms with Gasteiger partial charge in [0.2, 0.25) is 5.90 Å². The fourth-order valence-electron chi connectivity index (χ4n) is 4.53. The van der Waals surface area contributed by atoms with Crippen molar-refractivity contribution in [1.82, 2.24) is 14.6 Å². The minimum atomic E-state index is -0.320. The number of halogens is 1. The molecule has 1 aromatic carbocycles. The van der Waals surface area contributed by atoms with Gasteiger partial charge in [0, 0.05) is 49.9 Å². The summed E-state index contributed by atoms with van der Waals surface area (Å²) in [6.07, 6.45) is 10.5. The van der Waals surface area contributed by atoms with Crippen molar-refractivity contribution in [2.75, 3.05) is 32.1 Å². The molecule has 1 unspecified atom stereocenters. The maximum Gasteiger partial charge on any atom is 0.209 e. The first-order chi connectivity index (χ1) is 18.8. The van der Waals surface area contributed by atoms with Crippen LogP contribution < -0.4 is 5.32 Å². The number of imidazole rings is 1. The second-order valence-electron chi connectivity index (χ2n) is 10.1. The summed E-state index contributed by atoms with van der Waals surface area (Å²) in [5.74, 6) is 2.80. The minimum Gasteiger partial charge on any atom is -0.479 e. The summed E-state index contributed by atoms with van der Waals surface area (Å²) in [7, 11) is 1.77. The fourth-order valence-corrected chi connectivity index (χ4v) is 4.53. The van der Waals surface area contributed by atoms with Gasteiger partial charge in [0.1, 0.15) is 17.5 Å². The molecule has 1 aromatic heterocycles. The van der Waals surface area contributed by atoms with Crippen LogP contribution in [0, 0.1) is 24.6 Å². The summed E-state index contributed by atoms with van der Waals surface area (Å²) in [5, 5.41) is 7.76. The second kappa shape index (κ2) is 14.7. The number of nitrogens with zero attached hydrogens (tertiary/aromatic N) is 5. The van der Waals surface area contributed by atoms with Crippen LogP contribution in [-0.4, -0.2) is 53.0 Å². The van der Waals surface area contributed by atoms with Crippen LogP contribution in [0.15, 0.2) is 58.9 Å². The molecule has 1 N–H and O–H groups in total. The molecule has 0 aliphatic carbocycles. The number of anilines is 1. The van der Waals surface area contributed by atoms with Gasteiger partial charge in [0.25, 0.3) is 0 Å². The van der Waals surface area contributed by atoms with E-state index in [1.54, 1.807) is 24.0 Å². The highest BCUT2D eigenvalue weighted by molar-refractivity contribution is 5.82. The van der Waals surface area contributed by atoms with Gasteiger partial charge < -0.3 is 15.0 Å². The number of rotatable bonds is 11. The highest BCUT2D eigenvalue weighted by Gasteiger charge is 2.23. The number of amidine groups is 1. The maximum atomic E-state index is 14.7. The molecule has 7 nitrogen and oxygen atoms in total. The largest absolute Gasteiger partial charge is 0.479 e. The minimum absolute atomic E-state index is 0.158. The van der Waals surface area contributed by atoms with E-state index >= 15 is 0 Å². The van der Waals surface area contributed by atoms with Crippen molar-refractivity contribution in [3.63, 3.8) is 0 Å². The molecule has 0 bridgehead atoms. The smallest absolute Gasteiger partial charge is 0.209 e. The third-order valence-corrected chi connectivity index (χ3v) is 7.44. The summed E-state index contributed by atoms with van der Waals surface area (Å²) in [4.78, 5) is 11.7. The van der Waals surface area contributed by atoms with Crippen LogP contribution in [0.4, 0.5) is 10.1 Å². The van der Waals surface area contributed by atoms with Crippen LogP contribution in [0.25, 0.3) is 11.3 Å². The van der Waals surface area contributed by atoms with E-state index in [9.17, 15) is 4.39 Å². The van der Waals surface area contributed by atoms with Crippen LogP contribution in [0.3, 0.4) is 0 Å². The number of piperidine rings is 1. The lowest BCUT2D eigenvalue weighted by Gasteiger charge is -2.34. The Kier molecular flexibility index (Phi) is 11.3. The Balaban J connectivity index is 1.67. The zero-order chi connectivity index (χ0) is 28.4. The van der Waals surface area contributed by atoms with Gasteiger partial charge in [-0.2, -0.15) is 0 Å². The van der Waals surface area contributed by atoms with Crippen molar-refractivity contribution in [1.29, 1.82) is 0 Å². The molecule has 1 aliphatic heterocycles. The number of ether oxygens (including phenoxy) is 1. The Labute approximate surface area is 233 Å². The van der Waals surface area contributed by atoms with E-state index in [1.807, 2.05) is 25.3 Å². The Morgan fingerprint density at radius 1 is 1.26 bits per heavy atom. The predicted molar refractivity (Wildman–Crippen MR) is 161 cm³/mol. The van der Waals surface area contributed by atoms with Gasteiger partial charge in [-0.15, -0.1) is 5.10 Å². The fraction of sp³-hybridized carbons (Fsp3) is 0.516. The average molecular weight is 537 g/mol. The topological polar surface area (TPSA) is 67.0 Å². The highest BCUT2D eigenvalue weighted by atomic mass is 19.1. The highest BCUT2D eigenvalue weighted by Crippen LogP contribution is 2.25. The lowest BCUT2D eigenvalue weighted by atomic mass is 9.97. The molecular weight excluding hydrogens is 491 g/mol. The van der Waals surface area contributed by atoms with E-state index in [1.165, 1.54) is 6.07 Å². The lowest BCUT2D eigenvalue weighted by molar-refractivity contribution is 0.164. The van der Waals surface area contributed by atoms with E-state index in [-0.39, 0.29) is 11.7 Å². The Hall–Kier alpha value is -3.42. The second-order valence-corrected chi connectivity index (χ2v) is 10.1. The molecular formula is C31H45FN6O. The van der Waals surface area contributed by atoms with Crippen molar-refractivity contribution >= 4 is 17.4 Å². The van der Waals surface area contributed by atoms with Gasteiger partial charge >= 0.3 is 0 Å². The molecule has 0 spiro atoms. The zero-order valence-corrected chi connectivity index (χ0v) is 24.5. The SMILES string of the molecule is C=C/C(=C\N=C(CC)N1CCC(CO/C(=N/n2cc(-c3ccc(NC)cc3F)nc2C)C(C)CC)CC1)CC. The van der Waals surface area contributed by atoms with Crippen molar-refractivity contribution in [2.45, 2.75) is 66.7 Å². The van der Waals surface area contributed by atoms with Crippen LogP contribution >= 0.6 is 0 Å². The molecule has 1 saturated heterocycles. The Morgan fingerprint density at radius 3 is 2.59 bits per heavy atom. The van der Waals surface area contributed by atoms with Crippen LogP contribution in [0.1, 0.15) is 65.6 Å². The molecule has 0 radical (unpaired) electrons. The summed E-state index contributed by atoms with van der Waals surface area (Å²) in [6.45, 7) is 16.8. The number of aryl methyl sites for hydroxylation is 1. The lowest BCUT2D eigenvalue weighted by Crippen LogP contribution is -2.39. The molecule has 0 amide bonds. The molecule has 2 aromatic rings. The molecule has 1 aliphatic rings. The number of hydrogen-bond donors (Lipinski definition) is 1. The predicted octanol–water partition coefficient (Wildman–Crippen LogP) is 7.26. The summed E-state index contributed by atoms with van der Waals surface area (Å²) < 4.78 is 22.7. The molecule has 212 valence electrons. The van der Waals surface area contributed by atoms with E-state index in [0.29, 0.717) is 35.5 Å². The molecule has 3 rings (SSSR count). The number of aliphatic imine (C=N–C) groups is 1. The van der Waals surface area contributed by atoms with Gasteiger partial charge in [-0.3, -0.25) is 0 Å². The van der Waals surface area contributed by atoms with E-state index in [4.69, 9.17) is 14.8 Å². The van der Waals surface area contributed by atoms with Gasteiger partial charge in [0.05, 0.1) is 18.5 Å². The zero-order valence-electron chi connectivity index (χ0n) is 24.5. The normalized spacial score (nSPS) is 16.4. The van der Waals surface area contributed by atoms with Crippen molar-refractivity contribution < 1.29 is 9.13 Å². The number of allylic oxidation sites excluding steroid dienone is 2.